The fourth-order valence-electron chi connectivity index (χ4n) is 3.33. The molecule has 0 aliphatic carbocycles. The van der Waals surface area contributed by atoms with Gasteiger partial charge in [0.1, 0.15) is 10.1 Å². The Morgan fingerprint density at radius 3 is 2.04 bits per heavy atom. The van der Waals surface area contributed by atoms with Crippen LogP contribution >= 0.6 is 0 Å². The first-order chi connectivity index (χ1) is 13.0. The molecule has 4 rings (SSSR count). The molecule has 4 nitrogen and oxygen atoms in total. The molecule has 0 saturated carbocycles. The van der Waals surface area contributed by atoms with E-state index in [0.717, 1.165) is 17.7 Å². The van der Waals surface area contributed by atoms with Crippen molar-refractivity contribution < 1.29 is 42.5 Å². The zero-order chi connectivity index (χ0) is 18.9. The summed E-state index contributed by atoms with van der Waals surface area (Å²) in [6, 6.07) is 22.9. The van der Waals surface area contributed by atoms with Gasteiger partial charge in [-0.05, 0) is 39.9 Å². The van der Waals surface area contributed by atoms with Crippen molar-refractivity contribution in [3.05, 3.63) is 101 Å². The summed E-state index contributed by atoms with van der Waals surface area (Å²) in [6.45, 7) is 0.886. The molecule has 6 heteroatoms. The third-order valence-electron chi connectivity index (χ3n) is 4.77. The number of hydrogen-bond acceptors (Lipinski definition) is 4. The summed E-state index contributed by atoms with van der Waals surface area (Å²) in [4.78, 5) is -0.214. The quantitative estimate of drug-likeness (QED) is 0.403. The van der Waals surface area contributed by atoms with Crippen molar-refractivity contribution in [2.75, 3.05) is 0 Å². The normalized spacial score (nSPS) is 16.0. The first-order valence-electron chi connectivity index (χ1n) is 8.66. The molecule has 0 amide bonds. The second-order valence-electron chi connectivity index (χ2n) is 6.54. The Morgan fingerprint density at radius 2 is 1.43 bits per heavy atom. The zero-order valence-corrected chi connectivity index (χ0v) is 18.3. The Labute approximate surface area is 187 Å². The number of benzene rings is 3. The minimum absolute atomic E-state index is 0. The summed E-state index contributed by atoms with van der Waals surface area (Å²) in [5, 5.41) is 3.54. The second kappa shape index (κ2) is 8.74. The van der Waals surface area contributed by atoms with Gasteiger partial charge in [0.25, 0.3) is 0 Å². The zero-order valence-electron chi connectivity index (χ0n) is 15.5. The molecule has 1 unspecified atom stereocenters. The molecule has 1 aliphatic heterocycles. The number of nitrogens with one attached hydrogen (secondary N) is 1. The van der Waals surface area contributed by atoms with Gasteiger partial charge in [0.15, 0.2) is 0 Å². The van der Waals surface area contributed by atoms with Crippen molar-refractivity contribution in [1.82, 2.24) is 5.32 Å². The van der Waals surface area contributed by atoms with Gasteiger partial charge in [-0.3, -0.25) is 0 Å². The number of hydrogen-bond donors (Lipinski definition) is 1. The smallest absolute Gasteiger partial charge is 0.744 e. The Balaban J connectivity index is 0.00000225. The van der Waals surface area contributed by atoms with Gasteiger partial charge in [-0.15, -0.1) is 0 Å². The van der Waals surface area contributed by atoms with E-state index in [1.54, 1.807) is 12.1 Å². The van der Waals surface area contributed by atoms with Crippen molar-refractivity contribution in [2.45, 2.75) is 17.5 Å². The predicted octanol–water partition coefficient (Wildman–Crippen LogP) is 0.958. The summed E-state index contributed by atoms with van der Waals surface area (Å²) in [7, 11) is -4.40. The van der Waals surface area contributed by atoms with E-state index in [2.05, 4.69) is 53.8 Å². The molecule has 1 heterocycles. The Kier molecular flexibility index (Phi) is 6.55. The number of fused-ring (bicyclic) bond motifs is 1. The van der Waals surface area contributed by atoms with E-state index in [1.165, 1.54) is 28.8 Å². The van der Waals surface area contributed by atoms with E-state index in [9.17, 15) is 13.0 Å². The van der Waals surface area contributed by atoms with E-state index < -0.39 is 10.1 Å². The van der Waals surface area contributed by atoms with Gasteiger partial charge in [0.2, 0.25) is 0 Å². The van der Waals surface area contributed by atoms with Gasteiger partial charge in [-0.1, -0.05) is 72.8 Å². The summed E-state index contributed by atoms with van der Waals surface area (Å²) >= 11 is 0. The average Bonchev–Trinajstić information content (AvgIpc) is 3.11. The van der Waals surface area contributed by atoms with Crippen molar-refractivity contribution in [3.63, 3.8) is 0 Å². The molecule has 0 saturated heterocycles. The summed E-state index contributed by atoms with van der Waals surface area (Å²) < 4.78 is 32.9. The molecule has 136 valence electrons. The van der Waals surface area contributed by atoms with Gasteiger partial charge >= 0.3 is 29.6 Å². The van der Waals surface area contributed by atoms with E-state index in [0.29, 0.717) is 0 Å². The molecule has 0 fully saturated rings. The first kappa shape index (κ1) is 21.0. The SMILES string of the molecule is O=S(=O)([O-])c1ccc(C=Cc2ccc(C3NCc4ccccc43)cc2)cc1.[Na+]. The predicted molar refractivity (Wildman–Crippen MR) is 105 cm³/mol. The van der Waals surface area contributed by atoms with Crippen LogP contribution < -0.4 is 34.9 Å². The molecule has 1 atom stereocenters. The molecule has 1 N–H and O–H groups in total. The Bertz CT molecular complexity index is 1090. The van der Waals surface area contributed by atoms with Crippen molar-refractivity contribution in [2.24, 2.45) is 0 Å². The summed E-state index contributed by atoms with van der Waals surface area (Å²) in [5.74, 6) is 0. The standard InChI is InChI=1S/C22H19NO3S.Na/c24-27(25,26)20-13-9-17(10-14-20)6-5-16-7-11-18(12-8-16)22-21-4-2-1-3-19(21)15-23-22;/h1-14,22-23H,15H2,(H,24,25,26);/q;+1/p-1. The fraction of sp³-hybridized carbons (Fsp3) is 0.0909. The summed E-state index contributed by atoms with van der Waals surface area (Å²) in [5.41, 5.74) is 5.77. The van der Waals surface area contributed by atoms with Gasteiger partial charge in [0.05, 0.1) is 10.9 Å². The fourth-order valence-corrected chi connectivity index (χ4v) is 3.80. The first-order valence-corrected chi connectivity index (χ1v) is 10.1. The average molecular weight is 399 g/mol. The van der Waals surface area contributed by atoms with E-state index in [4.69, 9.17) is 0 Å². The maximum Gasteiger partial charge on any atom is 1.00 e. The maximum absolute atomic E-state index is 11.0. The molecule has 0 radical (unpaired) electrons. The molecule has 0 aromatic heterocycles. The third-order valence-corrected chi connectivity index (χ3v) is 5.62. The van der Waals surface area contributed by atoms with Crippen molar-refractivity contribution in [1.29, 1.82) is 0 Å². The minimum atomic E-state index is -4.40. The third kappa shape index (κ3) is 4.63. The molecule has 3 aromatic carbocycles. The van der Waals surface area contributed by atoms with Crippen molar-refractivity contribution >= 4 is 22.3 Å². The van der Waals surface area contributed by atoms with Crippen LogP contribution in [0.2, 0.25) is 0 Å². The Morgan fingerprint density at radius 1 is 0.857 bits per heavy atom. The van der Waals surface area contributed by atoms with Gasteiger partial charge in [0, 0.05) is 6.54 Å². The largest absolute Gasteiger partial charge is 1.00 e. The number of rotatable bonds is 4. The van der Waals surface area contributed by atoms with Crippen LogP contribution in [0.3, 0.4) is 0 Å². The van der Waals surface area contributed by atoms with Crippen molar-refractivity contribution in [3.8, 4) is 0 Å². The molecule has 0 spiro atoms. The monoisotopic (exact) mass is 399 g/mol. The van der Waals surface area contributed by atoms with Gasteiger partial charge < -0.3 is 9.87 Å². The Hall–Kier alpha value is -1.73. The molecule has 28 heavy (non-hydrogen) atoms. The maximum atomic E-state index is 11.0. The van der Waals surface area contributed by atoms with Crippen LogP contribution in [0.4, 0.5) is 0 Å². The molecular weight excluding hydrogens is 381 g/mol. The van der Waals surface area contributed by atoms with Crippen LogP contribution in [0, 0.1) is 0 Å². The van der Waals surface area contributed by atoms with Crippen LogP contribution in [-0.4, -0.2) is 13.0 Å². The molecule has 3 aromatic rings. The van der Waals surface area contributed by atoms with E-state index >= 15 is 0 Å². The topological polar surface area (TPSA) is 69.2 Å². The van der Waals surface area contributed by atoms with Crippen LogP contribution in [0.5, 0.6) is 0 Å². The summed E-state index contributed by atoms with van der Waals surface area (Å²) in [6.07, 6.45) is 3.85. The van der Waals surface area contributed by atoms with Crippen LogP contribution in [0.1, 0.15) is 33.9 Å². The van der Waals surface area contributed by atoms with E-state index in [-0.39, 0.29) is 40.5 Å². The van der Waals surface area contributed by atoms with Crippen LogP contribution in [-0.2, 0) is 16.7 Å². The van der Waals surface area contributed by atoms with E-state index in [1.807, 2.05) is 12.2 Å². The van der Waals surface area contributed by atoms with Crippen LogP contribution in [0.25, 0.3) is 12.2 Å². The molecule has 1 aliphatic rings. The molecular formula is C22H18NNaO3S. The van der Waals surface area contributed by atoms with Gasteiger partial charge in [-0.2, -0.15) is 0 Å². The second-order valence-corrected chi connectivity index (χ2v) is 7.92. The molecule has 0 bridgehead atoms. The minimum Gasteiger partial charge on any atom is -0.744 e. The van der Waals surface area contributed by atoms with Crippen LogP contribution in [0.15, 0.2) is 77.7 Å². The van der Waals surface area contributed by atoms with Gasteiger partial charge in [-0.25, -0.2) is 8.42 Å².